The minimum Gasteiger partial charge on any atom is -0.481 e. The summed E-state index contributed by atoms with van der Waals surface area (Å²) in [4.78, 5) is 13.6. The van der Waals surface area contributed by atoms with Crippen molar-refractivity contribution in [2.24, 2.45) is 0 Å². The summed E-state index contributed by atoms with van der Waals surface area (Å²) in [6.45, 7) is 0.142. The first-order valence-corrected chi connectivity index (χ1v) is 10.6. The summed E-state index contributed by atoms with van der Waals surface area (Å²) in [6.07, 6.45) is 0. The third kappa shape index (κ3) is 4.68. The van der Waals surface area contributed by atoms with Crippen LogP contribution in [0.1, 0.15) is 0 Å². The van der Waals surface area contributed by atoms with Crippen molar-refractivity contribution >= 4 is 31.9 Å². The SMILES string of the molecule is O=C(COc1ccc(Br)cc1F)N1CCN(S(=O)(=O)c2cccc(F)c2)CC1. The maximum Gasteiger partial charge on any atom is 0.260 e. The van der Waals surface area contributed by atoms with Gasteiger partial charge in [0.05, 0.1) is 4.90 Å². The van der Waals surface area contributed by atoms with Crippen molar-refractivity contribution in [3.8, 4) is 5.75 Å². The second kappa shape index (κ2) is 8.54. The van der Waals surface area contributed by atoms with Crippen LogP contribution in [0.4, 0.5) is 8.78 Å². The molecule has 1 fully saturated rings. The predicted octanol–water partition coefficient (Wildman–Crippen LogP) is 2.64. The third-order valence-corrected chi connectivity index (χ3v) is 6.66. The Kier molecular flexibility index (Phi) is 6.31. The zero-order valence-corrected chi connectivity index (χ0v) is 17.0. The number of sulfonamides is 1. The molecule has 0 atom stereocenters. The zero-order valence-electron chi connectivity index (χ0n) is 14.6. The lowest BCUT2D eigenvalue weighted by Crippen LogP contribution is -2.51. The normalized spacial score (nSPS) is 15.5. The average Bonchev–Trinajstić information content (AvgIpc) is 2.67. The highest BCUT2D eigenvalue weighted by molar-refractivity contribution is 9.10. The van der Waals surface area contributed by atoms with Gasteiger partial charge in [0.2, 0.25) is 10.0 Å². The van der Waals surface area contributed by atoms with Crippen LogP contribution < -0.4 is 4.74 Å². The van der Waals surface area contributed by atoms with Gasteiger partial charge in [-0.2, -0.15) is 4.31 Å². The largest absolute Gasteiger partial charge is 0.481 e. The molecule has 0 saturated carbocycles. The molecular formula is C18H17BrF2N2O4S. The van der Waals surface area contributed by atoms with E-state index in [1.807, 2.05) is 0 Å². The summed E-state index contributed by atoms with van der Waals surface area (Å²) >= 11 is 3.14. The van der Waals surface area contributed by atoms with Crippen molar-refractivity contribution in [3.63, 3.8) is 0 Å². The lowest BCUT2D eigenvalue weighted by atomic mass is 10.3. The van der Waals surface area contributed by atoms with Crippen LogP contribution >= 0.6 is 15.9 Å². The molecule has 3 rings (SSSR count). The minimum atomic E-state index is -3.83. The standard InChI is InChI=1S/C18H17BrF2N2O4S/c19-13-4-5-17(16(21)10-13)27-12-18(24)22-6-8-23(9-7-22)28(25,26)15-3-1-2-14(20)11-15/h1-5,10-11H,6-9,12H2. The number of rotatable bonds is 5. The molecule has 0 unspecified atom stereocenters. The van der Waals surface area contributed by atoms with E-state index in [9.17, 15) is 22.0 Å². The van der Waals surface area contributed by atoms with Gasteiger partial charge in [-0.25, -0.2) is 17.2 Å². The van der Waals surface area contributed by atoms with Gasteiger partial charge in [0.25, 0.3) is 5.91 Å². The van der Waals surface area contributed by atoms with E-state index in [-0.39, 0.29) is 49.3 Å². The topological polar surface area (TPSA) is 66.9 Å². The van der Waals surface area contributed by atoms with Gasteiger partial charge in [-0.05, 0) is 36.4 Å². The Morgan fingerprint density at radius 1 is 1.07 bits per heavy atom. The molecule has 0 aromatic heterocycles. The quantitative estimate of drug-likeness (QED) is 0.667. The van der Waals surface area contributed by atoms with Crippen LogP contribution in [-0.2, 0) is 14.8 Å². The van der Waals surface area contributed by atoms with Crippen LogP contribution in [0.25, 0.3) is 0 Å². The number of ether oxygens (including phenoxy) is 1. The Balaban J connectivity index is 1.56. The smallest absolute Gasteiger partial charge is 0.260 e. The first-order chi connectivity index (χ1) is 13.3. The average molecular weight is 475 g/mol. The van der Waals surface area contributed by atoms with Crippen molar-refractivity contribution in [1.29, 1.82) is 0 Å². The molecule has 0 bridgehead atoms. The molecule has 0 N–H and O–H groups in total. The van der Waals surface area contributed by atoms with Crippen molar-refractivity contribution in [2.45, 2.75) is 4.90 Å². The molecule has 1 saturated heterocycles. The van der Waals surface area contributed by atoms with Gasteiger partial charge >= 0.3 is 0 Å². The zero-order chi connectivity index (χ0) is 20.3. The van der Waals surface area contributed by atoms with Crippen molar-refractivity contribution < 1.29 is 26.7 Å². The van der Waals surface area contributed by atoms with Crippen molar-refractivity contribution in [3.05, 3.63) is 58.6 Å². The van der Waals surface area contributed by atoms with Crippen LogP contribution in [0.15, 0.2) is 51.8 Å². The Bertz CT molecular complexity index is 979. The van der Waals surface area contributed by atoms with Gasteiger partial charge < -0.3 is 9.64 Å². The molecule has 10 heteroatoms. The maximum absolute atomic E-state index is 13.7. The molecule has 2 aromatic rings. The maximum atomic E-state index is 13.7. The highest BCUT2D eigenvalue weighted by atomic mass is 79.9. The number of hydrogen-bond acceptors (Lipinski definition) is 4. The molecule has 0 aliphatic carbocycles. The number of nitrogens with zero attached hydrogens (tertiary/aromatic N) is 2. The van der Waals surface area contributed by atoms with E-state index in [2.05, 4.69) is 15.9 Å². The first-order valence-electron chi connectivity index (χ1n) is 8.39. The molecule has 1 amide bonds. The number of carbonyl (C=O) groups is 1. The van der Waals surface area contributed by atoms with E-state index in [1.54, 1.807) is 6.07 Å². The number of halogens is 3. The molecule has 6 nitrogen and oxygen atoms in total. The minimum absolute atomic E-state index is 0.0381. The second-order valence-corrected chi connectivity index (χ2v) is 8.96. The van der Waals surface area contributed by atoms with Gasteiger partial charge in [0, 0.05) is 30.7 Å². The van der Waals surface area contributed by atoms with Crippen molar-refractivity contribution in [1.82, 2.24) is 9.21 Å². The number of carbonyl (C=O) groups excluding carboxylic acids is 1. The molecule has 0 spiro atoms. The first kappa shape index (κ1) is 20.7. The van der Waals surface area contributed by atoms with E-state index in [0.29, 0.717) is 4.47 Å². The highest BCUT2D eigenvalue weighted by Gasteiger charge is 2.30. The van der Waals surface area contributed by atoms with E-state index in [4.69, 9.17) is 4.74 Å². The van der Waals surface area contributed by atoms with Gasteiger partial charge in [0.15, 0.2) is 18.2 Å². The monoisotopic (exact) mass is 474 g/mol. The molecule has 1 aliphatic rings. The molecule has 28 heavy (non-hydrogen) atoms. The lowest BCUT2D eigenvalue weighted by molar-refractivity contribution is -0.134. The van der Waals surface area contributed by atoms with Crippen LogP contribution in [0, 0.1) is 11.6 Å². The molecule has 150 valence electrons. The summed E-state index contributed by atoms with van der Waals surface area (Å²) in [6, 6.07) is 9.04. The Hall–Kier alpha value is -2.04. The van der Waals surface area contributed by atoms with Gasteiger partial charge in [0.1, 0.15) is 5.82 Å². The molecule has 1 heterocycles. The van der Waals surface area contributed by atoms with E-state index in [0.717, 1.165) is 6.07 Å². The van der Waals surface area contributed by atoms with Crippen LogP contribution in [0.2, 0.25) is 0 Å². The van der Waals surface area contributed by atoms with Gasteiger partial charge in [-0.3, -0.25) is 4.79 Å². The van der Waals surface area contributed by atoms with Crippen LogP contribution in [0.5, 0.6) is 5.75 Å². The molecule has 1 aliphatic heterocycles. The number of piperazine rings is 1. The van der Waals surface area contributed by atoms with E-state index >= 15 is 0 Å². The Labute approximate surface area is 169 Å². The van der Waals surface area contributed by atoms with E-state index in [1.165, 1.54) is 39.5 Å². The molecular weight excluding hydrogens is 458 g/mol. The Morgan fingerprint density at radius 3 is 2.43 bits per heavy atom. The van der Waals surface area contributed by atoms with Crippen LogP contribution in [0.3, 0.4) is 0 Å². The number of hydrogen-bond donors (Lipinski definition) is 0. The summed E-state index contributed by atoms with van der Waals surface area (Å²) in [7, 11) is -3.83. The number of amides is 1. The summed E-state index contributed by atoms with van der Waals surface area (Å²) in [5.41, 5.74) is 0. The van der Waals surface area contributed by atoms with Crippen molar-refractivity contribution in [2.75, 3.05) is 32.8 Å². The Morgan fingerprint density at radius 2 is 1.79 bits per heavy atom. The summed E-state index contributed by atoms with van der Waals surface area (Å²) in [5.74, 6) is -1.63. The molecule has 2 aromatic carbocycles. The van der Waals surface area contributed by atoms with E-state index < -0.39 is 21.7 Å². The van der Waals surface area contributed by atoms with Gasteiger partial charge in [-0.1, -0.05) is 22.0 Å². The summed E-state index contributed by atoms with van der Waals surface area (Å²) in [5, 5.41) is 0. The second-order valence-electron chi connectivity index (χ2n) is 6.11. The predicted molar refractivity (Wildman–Crippen MR) is 101 cm³/mol. The fraction of sp³-hybridized carbons (Fsp3) is 0.278. The fourth-order valence-electron chi connectivity index (χ4n) is 2.78. The van der Waals surface area contributed by atoms with Gasteiger partial charge in [-0.15, -0.1) is 0 Å². The fourth-order valence-corrected chi connectivity index (χ4v) is 4.56. The molecule has 0 radical (unpaired) electrons. The third-order valence-electron chi connectivity index (χ3n) is 4.27. The lowest BCUT2D eigenvalue weighted by Gasteiger charge is -2.34. The highest BCUT2D eigenvalue weighted by Crippen LogP contribution is 2.22. The summed E-state index contributed by atoms with van der Waals surface area (Å²) < 4.78 is 59.2. The van der Waals surface area contributed by atoms with Crippen LogP contribution in [-0.4, -0.2) is 56.3 Å². The number of benzene rings is 2.